The largest absolute Gasteiger partial charge is 0.310 e. The van der Waals surface area contributed by atoms with Crippen molar-refractivity contribution in [2.24, 2.45) is 0 Å². The van der Waals surface area contributed by atoms with Gasteiger partial charge in [-0.15, -0.1) is 0 Å². The van der Waals surface area contributed by atoms with E-state index >= 15 is 0 Å². The molecule has 0 bridgehead atoms. The first-order chi connectivity index (χ1) is 26.6. The number of anilines is 6. The summed E-state index contributed by atoms with van der Waals surface area (Å²) in [6, 6.07) is 74.7. The Morgan fingerprint density at radius 2 is 0.593 bits per heavy atom. The Hall–Kier alpha value is -6.90. The highest BCUT2D eigenvalue weighted by Gasteiger charge is 2.22. The van der Waals surface area contributed by atoms with Crippen LogP contribution in [0.2, 0.25) is 0 Å². The lowest BCUT2D eigenvalue weighted by molar-refractivity contribution is 1.29. The molecule has 0 spiro atoms. The number of aryl methyl sites for hydroxylation is 2. The molecular formula is C52H40N2. The molecule has 0 aliphatic carbocycles. The maximum absolute atomic E-state index is 2.40. The van der Waals surface area contributed by atoms with E-state index in [1.807, 2.05) is 0 Å². The van der Waals surface area contributed by atoms with E-state index in [2.05, 4.69) is 230 Å². The third kappa shape index (κ3) is 6.18. The molecule has 0 atom stereocenters. The molecule has 0 heterocycles. The van der Waals surface area contributed by atoms with Gasteiger partial charge >= 0.3 is 0 Å². The fraction of sp³-hybridized carbons (Fsp3) is 0.0385. The van der Waals surface area contributed by atoms with Crippen molar-refractivity contribution in [3.8, 4) is 22.3 Å². The number of nitrogens with zero attached hydrogens (tertiary/aromatic N) is 2. The van der Waals surface area contributed by atoms with Crippen molar-refractivity contribution >= 4 is 55.7 Å². The molecule has 0 N–H and O–H groups in total. The van der Waals surface area contributed by atoms with E-state index in [9.17, 15) is 0 Å². The molecule has 0 amide bonds. The van der Waals surface area contributed by atoms with Crippen LogP contribution < -0.4 is 9.80 Å². The Kier molecular flexibility index (Phi) is 8.70. The molecule has 0 aliphatic heterocycles. The monoisotopic (exact) mass is 692 g/mol. The molecule has 0 saturated heterocycles. The first-order valence-electron chi connectivity index (χ1n) is 18.6. The summed E-state index contributed by atoms with van der Waals surface area (Å²) in [5.41, 5.74) is 14.0. The second-order valence-corrected chi connectivity index (χ2v) is 14.0. The van der Waals surface area contributed by atoms with E-state index in [0.29, 0.717) is 0 Å². The summed E-state index contributed by atoms with van der Waals surface area (Å²) >= 11 is 0. The summed E-state index contributed by atoms with van der Waals surface area (Å²) < 4.78 is 0. The molecule has 2 nitrogen and oxygen atoms in total. The zero-order valence-corrected chi connectivity index (χ0v) is 30.5. The van der Waals surface area contributed by atoms with Gasteiger partial charge in [0.05, 0.1) is 0 Å². The SMILES string of the molecule is Cc1cccc(-c2c3ccc(N(c4ccccc4)c4ccccc4)cc3c(-c3cccc(C)c3)c3ccc(N(c4ccccc4)c4ccccc4)cc23)c1. The van der Waals surface area contributed by atoms with Crippen LogP contribution in [-0.4, -0.2) is 0 Å². The fourth-order valence-electron chi connectivity index (χ4n) is 7.91. The number of para-hydroxylation sites is 4. The zero-order chi connectivity index (χ0) is 36.4. The van der Waals surface area contributed by atoms with Gasteiger partial charge in [-0.05, 0) is 130 Å². The summed E-state index contributed by atoms with van der Waals surface area (Å²) in [6.07, 6.45) is 0. The molecule has 258 valence electrons. The number of rotatable bonds is 8. The Morgan fingerprint density at radius 3 is 0.907 bits per heavy atom. The highest BCUT2D eigenvalue weighted by atomic mass is 15.1. The lowest BCUT2D eigenvalue weighted by atomic mass is 9.85. The van der Waals surface area contributed by atoms with Gasteiger partial charge in [0, 0.05) is 34.1 Å². The van der Waals surface area contributed by atoms with Gasteiger partial charge in [-0.2, -0.15) is 0 Å². The number of hydrogen-bond donors (Lipinski definition) is 0. The zero-order valence-electron chi connectivity index (χ0n) is 30.5. The fourth-order valence-corrected chi connectivity index (χ4v) is 7.91. The first-order valence-corrected chi connectivity index (χ1v) is 18.6. The van der Waals surface area contributed by atoms with Crippen molar-refractivity contribution in [3.05, 3.63) is 217 Å². The third-order valence-electron chi connectivity index (χ3n) is 10.3. The standard InChI is InChI=1S/C52H40N2/c1-37-17-15-19-39(33-37)51-47-31-29-46(54(43-25-11-5-12-26-43)44-27-13-6-14-28-44)36-50(47)52(40-20-16-18-38(2)34-40)48-32-30-45(35-49(48)51)53(41-21-7-3-8-22-41)42-23-9-4-10-24-42/h3-36H,1-2H3. The average Bonchev–Trinajstić information content (AvgIpc) is 3.22. The van der Waals surface area contributed by atoms with Gasteiger partial charge in [0.1, 0.15) is 0 Å². The molecule has 0 fully saturated rings. The Balaban J connectivity index is 1.39. The van der Waals surface area contributed by atoms with Crippen LogP contribution >= 0.6 is 0 Å². The highest BCUT2D eigenvalue weighted by Crippen LogP contribution is 2.48. The van der Waals surface area contributed by atoms with Gasteiger partial charge in [-0.1, -0.05) is 145 Å². The van der Waals surface area contributed by atoms with Crippen molar-refractivity contribution in [3.63, 3.8) is 0 Å². The normalized spacial score (nSPS) is 11.1. The lowest BCUT2D eigenvalue weighted by Crippen LogP contribution is -2.10. The van der Waals surface area contributed by atoms with E-state index in [1.165, 1.54) is 54.9 Å². The van der Waals surface area contributed by atoms with Crippen LogP contribution in [0.1, 0.15) is 11.1 Å². The van der Waals surface area contributed by atoms with Gasteiger partial charge in [0.25, 0.3) is 0 Å². The van der Waals surface area contributed by atoms with E-state index in [-0.39, 0.29) is 0 Å². The number of benzene rings is 9. The lowest BCUT2D eigenvalue weighted by Gasteiger charge is -2.28. The van der Waals surface area contributed by atoms with Gasteiger partial charge in [0.15, 0.2) is 0 Å². The molecule has 9 aromatic carbocycles. The second-order valence-electron chi connectivity index (χ2n) is 14.0. The molecule has 0 unspecified atom stereocenters. The van der Waals surface area contributed by atoms with E-state index in [0.717, 1.165) is 34.1 Å². The summed E-state index contributed by atoms with van der Waals surface area (Å²) in [5, 5.41) is 4.87. The average molecular weight is 693 g/mol. The molecule has 54 heavy (non-hydrogen) atoms. The smallest absolute Gasteiger partial charge is 0.0468 e. The Bertz CT molecular complexity index is 2450. The van der Waals surface area contributed by atoms with E-state index in [1.54, 1.807) is 0 Å². The third-order valence-corrected chi connectivity index (χ3v) is 10.3. The van der Waals surface area contributed by atoms with Crippen LogP contribution in [0.15, 0.2) is 206 Å². The van der Waals surface area contributed by atoms with E-state index in [4.69, 9.17) is 0 Å². The van der Waals surface area contributed by atoms with Crippen LogP contribution in [0.4, 0.5) is 34.1 Å². The minimum atomic E-state index is 1.11. The van der Waals surface area contributed by atoms with Crippen LogP contribution in [-0.2, 0) is 0 Å². The van der Waals surface area contributed by atoms with Crippen molar-refractivity contribution in [2.75, 3.05) is 9.80 Å². The van der Waals surface area contributed by atoms with Crippen molar-refractivity contribution in [2.45, 2.75) is 13.8 Å². The molecule has 0 radical (unpaired) electrons. The molecule has 2 heteroatoms. The minimum absolute atomic E-state index is 1.11. The second kappa shape index (κ2) is 14.3. The summed E-state index contributed by atoms with van der Waals surface area (Å²) in [6.45, 7) is 4.37. The van der Waals surface area contributed by atoms with Crippen LogP contribution in [0.3, 0.4) is 0 Å². The minimum Gasteiger partial charge on any atom is -0.310 e. The molecule has 0 aliphatic rings. The molecule has 0 aromatic heterocycles. The summed E-state index contributed by atoms with van der Waals surface area (Å²) in [7, 11) is 0. The van der Waals surface area contributed by atoms with Crippen LogP contribution in [0.25, 0.3) is 43.8 Å². The van der Waals surface area contributed by atoms with Crippen molar-refractivity contribution in [1.29, 1.82) is 0 Å². The first kappa shape index (κ1) is 33.0. The summed E-state index contributed by atoms with van der Waals surface area (Å²) in [5.74, 6) is 0. The summed E-state index contributed by atoms with van der Waals surface area (Å²) in [4.78, 5) is 4.72. The maximum atomic E-state index is 2.40. The Morgan fingerprint density at radius 1 is 0.259 bits per heavy atom. The maximum Gasteiger partial charge on any atom is 0.0468 e. The predicted octanol–water partition coefficient (Wildman–Crippen LogP) is 14.9. The Labute approximate surface area is 317 Å². The molecule has 9 aromatic rings. The number of fused-ring (bicyclic) bond motifs is 2. The van der Waals surface area contributed by atoms with Gasteiger partial charge in [-0.3, -0.25) is 0 Å². The quantitative estimate of drug-likeness (QED) is 0.146. The topological polar surface area (TPSA) is 6.48 Å². The highest BCUT2D eigenvalue weighted by molar-refractivity contribution is 6.22. The molecule has 0 saturated carbocycles. The van der Waals surface area contributed by atoms with E-state index < -0.39 is 0 Å². The van der Waals surface area contributed by atoms with Gasteiger partial charge in [0.2, 0.25) is 0 Å². The number of hydrogen-bond acceptors (Lipinski definition) is 2. The van der Waals surface area contributed by atoms with Crippen molar-refractivity contribution in [1.82, 2.24) is 0 Å². The predicted molar refractivity (Wildman–Crippen MR) is 231 cm³/mol. The molecular weight excluding hydrogens is 653 g/mol. The molecule has 9 rings (SSSR count). The van der Waals surface area contributed by atoms with Gasteiger partial charge < -0.3 is 9.80 Å². The van der Waals surface area contributed by atoms with Crippen LogP contribution in [0, 0.1) is 13.8 Å². The van der Waals surface area contributed by atoms with Crippen LogP contribution in [0.5, 0.6) is 0 Å². The van der Waals surface area contributed by atoms with Crippen molar-refractivity contribution < 1.29 is 0 Å². The van der Waals surface area contributed by atoms with Gasteiger partial charge in [-0.25, -0.2) is 0 Å².